The van der Waals surface area contributed by atoms with Gasteiger partial charge in [0.1, 0.15) is 0 Å². The summed E-state index contributed by atoms with van der Waals surface area (Å²) >= 11 is 0. The third kappa shape index (κ3) is 2.16. The van der Waals surface area contributed by atoms with Gasteiger partial charge in [0.15, 0.2) is 6.04 Å². The standard InChI is InChI=1S/C14H17N3/c1-11-9-14(2,3)17(16-11)13(10-15)12-7-5-4-6-8-12/h4-8,13H,9H2,1-3H3/t13-/m1/s1. The molecule has 0 bridgehead atoms. The van der Waals surface area contributed by atoms with Crippen LogP contribution < -0.4 is 0 Å². The van der Waals surface area contributed by atoms with E-state index in [1.54, 1.807) is 0 Å². The number of benzene rings is 1. The van der Waals surface area contributed by atoms with E-state index in [2.05, 4.69) is 25.0 Å². The molecule has 0 spiro atoms. The third-order valence-electron chi connectivity index (χ3n) is 3.07. The predicted molar refractivity (Wildman–Crippen MR) is 68.4 cm³/mol. The molecule has 2 rings (SSSR count). The predicted octanol–water partition coefficient (Wildman–Crippen LogP) is 3.11. The maximum absolute atomic E-state index is 9.40. The van der Waals surface area contributed by atoms with Crippen molar-refractivity contribution in [2.75, 3.05) is 0 Å². The van der Waals surface area contributed by atoms with Crippen LogP contribution in [-0.4, -0.2) is 16.3 Å². The molecule has 1 heterocycles. The molecule has 17 heavy (non-hydrogen) atoms. The summed E-state index contributed by atoms with van der Waals surface area (Å²) < 4.78 is 0. The monoisotopic (exact) mass is 227 g/mol. The van der Waals surface area contributed by atoms with Crippen LogP contribution in [0.25, 0.3) is 0 Å². The van der Waals surface area contributed by atoms with Crippen LogP contribution in [-0.2, 0) is 0 Å². The van der Waals surface area contributed by atoms with Crippen LogP contribution in [0.2, 0.25) is 0 Å². The lowest BCUT2D eigenvalue weighted by Crippen LogP contribution is -2.38. The lowest BCUT2D eigenvalue weighted by molar-refractivity contribution is 0.123. The zero-order valence-electron chi connectivity index (χ0n) is 10.5. The first-order chi connectivity index (χ1) is 8.04. The fraction of sp³-hybridized carbons (Fsp3) is 0.429. The summed E-state index contributed by atoms with van der Waals surface area (Å²) in [5.74, 6) is 0. The molecule has 1 aromatic rings. The van der Waals surface area contributed by atoms with Gasteiger partial charge < -0.3 is 0 Å². The van der Waals surface area contributed by atoms with E-state index >= 15 is 0 Å². The highest BCUT2D eigenvalue weighted by Crippen LogP contribution is 2.35. The van der Waals surface area contributed by atoms with Crippen LogP contribution in [0.15, 0.2) is 35.4 Å². The van der Waals surface area contributed by atoms with E-state index in [9.17, 15) is 5.26 Å². The first kappa shape index (κ1) is 11.7. The van der Waals surface area contributed by atoms with E-state index in [0.29, 0.717) is 0 Å². The van der Waals surface area contributed by atoms with Crippen LogP contribution >= 0.6 is 0 Å². The molecule has 0 saturated heterocycles. The minimum absolute atomic E-state index is 0.0830. The van der Waals surface area contributed by atoms with Gasteiger partial charge in [0.05, 0.1) is 11.6 Å². The molecule has 0 saturated carbocycles. The second-order valence-corrected chi connectivity index (χ2v) is 5.11. The Labute approximate surface area is 102 Å². The van der Waals surface area contributed by atoms with Crippen molar-refractivity contribution in [2.24, 2.45) is 5.10 Å². The molecule has 1 aliphatic heterocycles. The van der Waals surface area contributed by atoms with Gasteiger partial charge in [-0.05, 0) is 26.3 Å². The average Bonchev–Trinajstić information content (AvgIpc) is 2.55. The van der Waals surface area contributed by atoms with Crippen molar-refractivity contribution in [2.45, 2.75) is 38.8 Å². The molecule has 0 unspecified atom stereocenters. The maximum Gasteiger partial charge on any atom is 0.159 e. The summed E-state index contributed by atoms with van der Waals surface area (Å²) in [4.78, 5) is 0. The molecule has 3 nitrogen and oxygen atoms in total. The first-order valence-electron chi connectivity index (χ1n) is 5.82. The molecule has 0 radical (unpaired) electrons. The van der Waals surface area contributed by atoms with Crippen molar-refractivity contribution < 1.29 is 0 Å². The summed E-state index contributed by atoms with van der Waals surface area (Å²) in [7, 11) is 0. The fourth-order valence-electron chi connectivity index (χ4n) is 2.37. The number of hydrogen-bond donors (Lipinski definition) is 0. The Morgan fingerprint density at radius 1 is 1.35 bits per heavy atom. The van der Waals surface area contributed by atoms with Gasteiger partial charge in [-0.15, -0.1) is 0 Å². The molecule has 0 aromatic heterocycles. The van der Waals surface area contributed by atoms with Crippen LogP contribution in [0.1, 0.15) is 38.8 Å². The number of nitriles is 1. The number of hydrazone groups is 1. The molecule has 3 heteroatoms. The summed E-state index contributed by atoms with van der Waals surface area (Å²) in [5, 5.41) is 15.8. The Kier molecular flexibility index (Phi) is 2.89. The minimum atomic E-state index is -0.302. The highest BCUT2D eigenvalue weighted by Gasteiger charge is 2.37. The van der Waals surface area contributed by atoms with E-state index in [0.717, 1.165) is 17.7 Å². The number of rotatable bonds is 2. The summed E-state index contributed by atoms with van der Waals surface area (Å²) in [6.45, 7) is 6.27. The molecule has 88 valence electrons. The second-order valence-electron chi connectivity index (χ2n) is 5.11. The summed E-state index contributed by atoms with van der Waals surface area (Å²) in [5.41, 5.74) is 2.01. The van der Waals surface area contributed by atoms with E-state index in [1.807, 2.05) is 42.3 Å². The normalized spacial score (nSPS) is 19.6. The average molecular weight is 227 g/mol. The number of nitrogens with zero attached hydrogens (tertiary/aromatic N) is 3. The molecule has 0 aliphatic carbocycles. The highest BCUT2D eigenvalue weighted by atomic mass is 15.5. The van der Waals surface area contributed by atoms with E-state index in [1.165, 1.54) is 0 Å². The SMILES string of the molecule is CC1=NN([C@H](C#N)c2ccccc2)C(C)(C)C1. The van der Waals surface area contributed by atoms with Crippen molar-refractivity contribution in [1.29, 1.82) is 5.26 Å². The quantitative estimate of drug-likeness (QED) is 0.778. The minimum Gasteiger partial charge on any atom is -0.269 e. The van der Waals surface area contributed by atoms with Crippen LogP contribution in [0.3, 0.4) is 0 Å². The molecule has 1 aliphatic rings. The lowest BCUT2D eigenvalue weighted by atomic mass is 9.96. The van der Waals surface area contributed by atoms with E-state index in [4.69, 9.17) is 0 Å². The van der Waals surface area contributed by atoms with Crippen molar-refractivity contribution in [1.82, 2.24) is 5.01 Å². The molecule has 0 amide bonds. The summed E-state index contributed by atoms with van der Waals surface area (Å²) in [6.07, 6.45) is 0.915. The van der Waals surface area contributed by atoms with Crippen molar-refractivity contribution >= 4 is 5.71 Å². The molecular weight excluding hydrogens is 210 g/mol. The van der Waals surface area contributed by atoms with Gasteiger partial charge in [-0.1, -0.05) is 30.3 Å². The fourth-order valence-corrected chi connectivity index (χ4v) is 2.37. The molecule has 0 fully saturated rings. The number of hydrogen-bond acceptors (Lipinski definition) is 3. The second kappa shape index (κ2) is 4.21. The third-order valence-corrected chi connectivity index (χ3v) is 3.07. The zero-order chi connectivity index (χ0) is 12.5. The molecular formula is C14H17N3. The van der Waals surface area contributed by atoms with Gasteiger partial charge >= 0.3 is 0 Å². The van der Waals surface area contributed by atoms with Crippen molar-refractivity contribution in [3.05, 3.63) is 35.9 Å². The van der Waals surface area contributed by atoms with Crippen molar-refractivity contribution in [3.63, 3.8) is 0 Å². The van der Waals surface area contributed by atoms with Crippen molar-refractivity contribution in [3.8, 4) is 6.07 Å². The van der Waals surface area contributed by atoms with Crippen LogP contribution in [0.4, 0.5) is 0 Å². The van der Waals surface area contributed by atoms with Gasteiger partial charge in [-0.3, -0.25) is 5.01 Å². The van der Waals surface area contributed by atoms with Gasteiger partial charge in [0, 0.05) is 12.1 Å². The van der Waals surface area contributed by atoms with Gasteiger partial charge in [0.25, 0.3) is 0 Å². The van der Waals surface area contributed by atoms with Crippen LogP contribution in [0, 0.1) is 11.3 Å². The Balaban J connectivity index is 2.35. The largest absolute Gasteiger partial charge is 0.269 e. The van der Waals surface area contributed by atoms with Gasteiger partial charge in [0.2, 0.25) is 0 Å². The zero-order valence-corrected chi connectivity index (χ0v) is 10.5. The van der Waals surface area contributed by atoms with E-state index < -0.39 is 0 Å². The molecule has 0 N–H and O–H groups in total. The first-order valence-corrected chi connectivity index (χ1v) is 5.82. The smallest absolute Gasteiger partial charge is 0.159 e. The van der Waals surface area contributed by atoms with Gasteiger partial charge in [-0.2, -0.15) is 10.4 Å². The van der Waals surface area contributed by atoms with Gasteiger partial charge in [-0.25, -0.2) is 0 Å². The topological polar surface area (TPSA) is 39.4 Å². The van der Waals surface area contributed by atoms with E-state index in [-0.39, 0.29) is 11.6 Å². The highest BCUT2D eigenvalue weighted by molar-refractivity contribution is 5.84. The molecule has 1 aromatic carbocycles. The summed E-state index contributed by atoms with van der Waals surface area (Å²) in [6, 6.07) is 11.9. The molecule has 1 atom stereocenters. The Hall–Kier alpha value is -1.82. The van der Waals surface area contributed by atoms with Crippen LogP contribution in [0.5, 0.6) is 0 Å². The Bertz CT molecular complexity index is 468. The Morgan fingerprint density at radius 3 is 2.47 bits per heavy atom. The Morgan fingerprint density at radius 2 is 2.00 bits per heavy atom. The maximum atomic E-state index is 9.40. The lowest BCUT2D eigenvalue weighted by Gasteiger charge is -2.34.